The fraction of sp³-hybridized carbons (Fsp3) is 0.438. The largest absolute Gasteiger partial charge is 0.293 e. The molecule has 1 aliphatic rings. The number of rotatable bonds is 2. The number of H-pyrrole nitrogens is 1. The first-order chi connectivity index (χ1) is 10.8. The zero-order valence-corrected chi connectivity index (χ0v) is 14.3. The van der Waals surface area contributed by atoms with Gasteiger partial charge in [-0.15, -0.1) is 21.6 Å². The van der Waals surface area contributed by atoms with Crippen molar-refractivity contribution in [2.75, 3.05) is 0 Å². The second-order valence-corrected chi connectivity index (χ2v) is 7.62. The summed E-state index contributed by atoms with van der Waals surface area (Å²) < 4.78 is 0. The van der Waals surface area contributed by atoms with Gasteiger partial charge in [-0.25, -0.2) is 0 Å². The quantitative estimate of drug-likeness (QED) is 0.821. The maximum Gasteiger partial charge on any atom is 0.173 e. The fourth-order valence-electron chi connectivity index (χ4n) is 2.88. The van der Waals surface area contributed by atoms with E-state index in [0.717, 1.165) is 17.0 Å². The molecule has 23 heavy (non-hydrogen) atoms. The molecule has 3 rings (SSSR count). The van der Waals surface area contributed by atoms with Crippen LogP contribution in [0, 0.1) is 30.6 Å². The Hall–Kier alpha value is -2.33. The maximum atomic E-state index is 12.3. The number of carbonyl (C=O) groups excluding carboxylic acids is 1. The van der Waals surface area contributed by atoms with Crippen LogP contribution < -0.4 is 0 Å². The number of azo groups is 1. The molecule has 1 aliphatic carbocycles. The minimum atomic E-state index is -0.122. The predicted molar refractivity (Wildman–Crippen MR) is 87.7 cm³/mol. The summed E-state index contributed by atoms with van der Waals surface area (Å²) in [6, 6.07) is 2.20. The van der Waals surface area contributed by atoms with Crippen LogP contribution in [0.5, 0.6) is 0 Å². The third kappa shape index (κ3) is 2.70. The van der Waals surface area contributed by atoms with E-state index in [-0.39, 0.29) is 11.2 Å². The highest BCUT2D eigenvalue weighted by Gasteiger charge is 2.35. The van der Waals surface area contributed by atoms with Crippen LogP contribution in [0.15, 0.2) is 10.2 Å². The molecule has 2 aromatic heterocycles. The Morgan fingerprint density at radius 3 is 2.65 bits per heavy atom. The lowest BCUT2D eigenvalue weighted by Crippen LogP contribution is -2.25. The van der Waals surface area contributed by atoms with E-state index in [2.05, 4.69) is 26.5 Å². The molecule has 0 saturated heterocycles. The van der Waals surface area contributed by atoms with Crippen LogP contribution in [0.1, 0.15) is 52.5 Å². The molecule has 0 aliphatic heterocycles. The third-order valence-corrected chi connectivity index (χ3v) is 5.14. The van der Waals surface area contributed by atoms with E-state index in [4.69, 9.17) is 0 Å². The molecule has 0 amide bonds. The normalized spacial score (nSPS) is 16.6. The molecule has 0 bridgehead atoms. The third-order valence-electron chi connectivity index (χ3n) is 3.98. The zero-order chi connectivity index (χ0) is 16.8. The molecule has 2 heterocycles. The van der Waals surface area contributed by atoms with Gasteiger partial charge < -0.3 is 0 Å². The lowest BCUT2D eigenvalue weighted by molar-refractivity contribution is 0.0917. The van der Waals surface area contributed by atoms with Gasteiger partial charge in [0.15, 0.2) is 10.8 Å². The van der Waals surface area contributed by atoms with E-state index < -0.39 is 0 Å². The number of aryl methyl sites for hydroxylation is 2. The van der Waals surface area contributed by atoms with E-state index in [1.54, 1.807) is 0 Å². The highest BCUT2D eigenvalue weighted by atomic mass is 32.1. The van der Waals surface area contributed by atoms with Crippen LogP contribution in [0.2, 0.25) is 0 Å². The molecule has 0 fully saturated rings. The highest BCUT2D eigenvalue weighted by molar-refractivity contribution is 7.18. The summed E-state index contributed by atoms with van der Waals surface area (Å²) in [7, 11) is 0. The van der Waals surface area contributed by atoms with Crippen molar-refractivity contribution in [3.63, 3.8) is 0 Å². The minimum Gasteiger partial charge on any atom is -0.293 e. The second kappa shape index (κ2) is 5.39. The maximum absolute atomic E-state index is 12.3. The van der Waals surface area contributed by atoms with Gasteiger partial charge in [-0.3, -0.25) is 9.89 Å². The molecule has 6 nitrogen and oxygen atoms in total. The number of carbonyl (C=O) groups is 1. The molecule has 7 heteroatoms. The molecule has 0 aromatic carbocycles. The molecule has 0 unspecified atom stereocenters. The molecule has 0 radical (unpaired) electrons. The number of fused-ring (bicyclic) bond motifs is 1. The number of aromatic nitrogens is 2. The first-order valence-corrected chi connectivity index (χ1v) is 8.16. The molecular weight excluding hydrogens is 310 g/mol. The van der Waals surface area contributed by atoms with Crippen LogP contribution in [0.4, 0.5) is 10.7 Å². The first-order valence-electron chi connectivity index (χ1n) is 7.34. The summed E-state index contributed by atoms with van der Waals surface area (Å²) in [5.41, 5.74) is 3.43. The highest BCUT2D eigenvalue weighted by Crippen LogP contribution is 2.44. The topological polar surface area (TPSA) is 94.3 Å². The number of Topliss-reactive ketones (excluding diaryl/α,β-unsaturated/α-hetero) is 1. The van der Waals surface area contributed by atoms with Crippen molar-refractivity contribution in [2.45, 2.75) is 40.5 Å². The Balaban J connectivity index is 2.06. The average molecular weight is 327 g/mol. The number of ketones is 1. The van der Waals surface area contributed by atoms with E-state index in [9.17, 15) is 10.1 Å². The van der Waals surface area contributed by atoms with Crippen LogP contribution in [-0.4, -0.2) is 16.0 Å². The number of nitriles is 1. The van der Waals surface area contributed by atoms with Crippen molar-refractivity contribution in [3.8, 4) is 6.07 Å². The summed E-state index contributed by atoms with van der Waals surface area (Å²) in [6.45, 7) is 7.80. The number of hydrogen-bond donors (Lipinski definition) is 1. The van der Waals surface area contributed by atoms with Gasteiger partial charge in [0.2, 0.25) is 0 Å². The van der Waals surface area contributed by atoms with Gasteiger partial charge in [0.05, 0.1) is 21.8 Å². The zero-order valence-electron chi connectivity index (χ0n) is 13.5. The number of nitrogens with zero attached hydrogens (tertiary/aromatic N) is 4. The Morgan fingerprint density at radius 2 is 2.04 bits per heavy atom. The Kier molecular flexibility index (Phi) is 3.65. The molecule has 118 valence electrons. The van der Waals surface area contributed by atoms with Crippen LogP contribution in [0.3, 0.4) is 0 Å². The van der Waals surface area contributed by atoms with Crippen molar-refractivity contribution < 1.29 is 4.79 Å². The van der Waals surface area contributed by atoms with E-state index in [0.29, 0.717) is 34.0 Å². The van der Waals surface area contributed by atoms with Crippen molar-refractivity contribution in [1.82, 2.24) is 10.2 Å². The number of nitrogens with one attached hydrogen (secondary N) is 1. The molecular formula is C16H17N5OS. The van der Waals surface area contributed by atoms with Crippen molar-refractivity contribution in [3.05, 3.63) is 27.4 Å². The smallest absolute Gasteiger partial charge is 0.173 e. The predicted octanol–water partition coefficient (Wildman–Crippen LogP) is 4.53. The van der Waals surface area contributed by atoms with Gasteiger partial charge in [-0.05, 0) is 31.2 Å². The lowest BCUT2D eigenvalue weighted by atomic mass is 9.75. The molecule has 0 saturated carbocycles. The SMILES string of the molecule is Cc1n[nH]c(C)c1N=Nc1sc2c(c1C#N)CC(C)(C)CC2=O. The van der Waals surface area contributed by atoms with E-state index in [1.165, 1.54) is 11.3 Å². The van der Waals surface area contributed by atoms with Gasteiger partial charge in [-0.1, -0.05) is 13.8 Å². The number of hydrogen-bond acceptors (Lipinski definition) is 6. The minimum absolute atomic E-state index is 0.0925. The fourth-order valence-corrected chi connectivity index (χ4v) is 3.90. The summed E-state index contributed by atoms with van der Waals surface area (Å²) in [5, 5.41) is 25.4. The Bertz CT molecular complexity index is 846. The lowest BCUT2D eigenvalue weighted by Gasteiger charge is -2.28. The second-order valence-electron chi connectivity index (χ2n) is 6.63. The van der Waals surface area contributed by atoms with Gasteiger partial charge in [0, 0.05) is 6.42 Å². The average Bonchev–Trinajstić information content (AvgIpc) is 2.96. The van der Waals surface area contributed by atoms with Crippen LogP contribution in [0.25, 0.3) is 0 Å². The summed E-state index contributed by atoms with van der Waals surface area (Å²) in [6.07, 6.45) is 1.22. The van der Waals surface area contributed by atoms with Gasteiger partial charge in [0.25, 0.3) is 0 Å². The standard InChI is InChI=1S/C16H17N5OS/c1-8-13(9(2)19-18-8)20-21-15-11(7-17)10-5-16(3,4)6-12(22)14(10)23-15/h5-6H2,1-4H3,(H,18,19). The monoisotopic (exact) mass is 327 g/mol. The molecule has 2 aromatic rings. The van der Waals surface area contributed by atoms with Gasteiger partial charge >= 0.3 is 0 Å². The van der Waals surface area contributed by atoms with Crippen LogP contribution >= 0.6 is 11.3 Å². The van der Waals surface area contributed by atoms with Crippen LogP contribution in [-0.2, 0) is 6.42 Å². The summed E-state index contributed by atoms with van der Waals surface area (Å²) in [5.74, 6) is 0.0925. The Morgan fingerprint density at radius 1 is 1.30 bits per heavy atom. The van der Waals surface area contributed by atoms with Gasteiger partial charge in [0.1, 0.15) is 11.8 Å². The van der Waals surface area contributed by atoms with Crippen molar-refractivity contribution in [1.29, 1.82) is 5.26 Å². The van der Waals surface area contributed by atoms with Gasteiger partial charge in [-0.2, -0.15) is 10.4 Å². The van der Waals surface area contributed by atoms with Crippen molar-refractivity contribution >= 4 is 27.8 Å². The first kappa shape index (κ1) is 15.6. The Labute approximate surface area is 138 Å². The summed E-state index contributed by atoms with van der Waals surface area (Å²) in [4.78, 5) is 13.0. The number of thiophene rings is 1. The van der Waals surface area contributed by atoms with Crippen molar-refractivity contribution in [2.24, 2.45) is 15.6 Å². The summed E-state index contributed by atoms with van der Waals surface area (Å²) >= 11 is 1.27. The molecule has 0 atom stereocenters. The number of aromatic amines is 1. The molecule has 0 spiro atoms. The van der Waals surface area contributed by atoms with E-state index in [1.807, 2.05) is 27.7 Å². The molecule has 1 N–H and O–H groups in total. The van der Waals surface area contributed by atoms with E-state index >= 15 is 0 Å².